The van der Waals surface area contributed by atoms with Gasteiger partial charge in [-0.1, -0.05) is 12.1 Å². The Labute approximate surface area is 128 Å². The van der Waals surface area contributed by atoms with Crippen LogP contribution in [0, 0.1) is 0 Å². The quantitative estimate of drug-likeness (QED) is 0.855. The number of carboxylic acid groups (broad SMARTS) is 1. The van der Waals surface area contributed by atoms with Crippen molar-refractivity contribution in [2.45, 2.75) is 38.8 Å². The minimum Gasteiger partial charge on any atom is -0.481 e. The fourth-order valence-electron chi connectivity index (χ4n) is 2.31. The van der Waals surface area contributed by atoms with Crippen LogP contribution in [0.5, 0.6) is 0 Å². The predicted molar refractivity (Wildman–Crippen MR) is 84.2 cm³/mol. The van der Waals surface area contributed by atoms with Crippen LogP contribution in [0.3, 0.4) is 0 Å². The van der Waals surface area contributed by atoms with Crippen molar-refractivity contribution < 1.29 is 9.90 Å². The summed E-state index contributed by atoms with van der Waals surface area (Å²) in [6, 6.07) is 7.10. The van der Waals surface area contributed by atoms with Crippen LogP contribution in [0.4, 0.5) is 0 Å². The molecule has 0 bridgehead atoms. The van der Waals surface area contributed by atoms with Crippen molar-refractivity contribution in [3.63, 3.8) is 0 Å². The standard InChI is InChI=1S/C16H21N3O3/c1-11(2)18-9-10-19(16(18)22)13-5-3-12(4-6-13)14(17)7-8-15(20)21/h3-6,9-11,14H,7-8,17H2,1-2H3,(H,20,21). The van der Waals surface area contributed by atoms with Crippen molar-refractivity contribution >= 4 is 5.97 Å². The van der Waals surface area contributed by atoms with Crippen LogP contribution in [0.15, 0.2) is 41.5 Å². The first-order chi connectivity index (χ1) is 10.4. The molecule has 22 heavy (non-hydrogen) atoms. The zero-order valence-electron chi connectivity index (χ0n) is 12.8. The van der Waals surface area contributed by atoms with Gasteiger partial charge in [0.25, 0.3) is 0 Å². The lowest BCUT2D eigenvalue weighted by Gasteiger charge is -2.11. The second-order valence-corrected chi connectivity index (χ2v) is 5.58. The molecule has 1 aromatic carbocycles. The molecule has 0 spiro atoms. The fraction of sp³-hybridized carbons (Fsp3) is 0.375. The lowest BCUT2D eigenvalue weighted by atomic mass is 10.0. The van der Waals surface area contributed by atoms with E-state index in [0.29, 0.717) is 6.42 Å². The highest BCUT2D eigenvalue weighted by Crippen LogP contribution is 2.17. The summed E-state index contributed by atoms with van der Waals surface area (Å²) in [7, 11) is 0. The number of nitrogens with two attached hydrogens (primary N) is 1. The minimum absolute atomic E-state index is 0.0413. The molecule has 0 radical (unpaired) electrons. The summed E-state index contributed by atoms with van der Waals surface area (Å²) in [5, 5.41) is 8.68. The number of carbonyl (C=O) groups is 1. The first-order valence-electron chi connectivity index (χ1n) is 7.27. The van der Waals surface area contributed by atoms with Crippen LogP contribution in [0.1, 0.15) is 44.3 Å². The number of aliphatic carboxylic acids is 1. The Kier molecular flexibility index (Phi) is 4.82. The summed E-state index contributed by atoms with van der Waals surface area (Å²) < 4.78 is 3.24. The molecule has 2 aromatic rings. The number of aromatic nitrogens is 2. The van der Waals surface area contributed by atoms with Gasteiger partial charge in [0.2, 0.25) is 0 Å². The first kappa shape index (κ1) is 16.0. The molecule has 0 aliphatic rings. The molecule has 1 aromatic heterocycles. The molecule has 6 nitrogen and oxygen atoms in total. The van der Waals surface area contributed by atoms with Gasteiger partial charge in [0.15, 0.2) is 0 Å². The van der Waals surface area contributed by atoms with E-state index in [4.69, 9.17) is 10.8 Å². The van der Waals surface area contributed by atoms with Gasteiger partial charge in [0.1, 0.15) is 0 Å². The van der Waals surface area contributed by atoms with Crippen molar-refractivity contribution in [1.29, 1.82) is 0 Å². The third-order valence-electron chi connectivity index (χ3n) is 3.63. The van der Waals surface area contributed by atoms with Gasteiger partial charge in [-0.15, -0.1) is 0 Å². The molecular formula is C16H21N3O3. The van der Waals surface area contributed by atoms with Gasteiger partial charge < -0.3 is 10.8 Å². The average Bonchev–Trinajstić information content (AvgIpc) is 2.86. The second kappa shape index (κ2) is 6.62. The molecule has 1 unspecified atom stereocenters. The van der Waals surface area contributed by atoms with Gasteiger partial charge in [-0.25, -0.2) is 4.79 Å². The molecule has 118 valence electrons. The Morgan fingerprint density at radius 2 is 1.86 bits per heavy atom. The zero-order chi connectivity index (χ0) is 16.3. The Bertz CT molecular complexity index is 698. The summed E-state index contributed by atoms with van der Waals surface area (Å²) >= 11 is 0. The molecule has 0 aliphatic carbocycles. The van der Waals surface area contributed by atoms with Crippen LogP contribution >= 0.6 is 0 Å². The van der Waals surface area contributed by atoms with Gasteiger partial charge in [-0.2, -0.15) is 0 Å². The average molecular weight is 303 g/mol. The first-order valence-corrected chi connectivity index (χ1v) is 7.27. The van der Waals surface area contributed by atoms with Crippen molar-refractivity contribution in [3.8, 4) is 5.69 Å². The molecule has 0 fully saturated rings. The van der Waals surface area contributed by atoms with Gasteiger partial charge in [0, 0.05) is 30.9 Å². The lowest BCUT2D eigenvalue weighted by molar-refractivity contribution is -0.137. The molecule has 0 amide bonds. The van der Waals surface area contributed by atoms with E-state index in [1.165, 1.54) is 0 Å². The van der Waals surface area contributed by atoms with E-state index in [0.717, 1.165) is 11.3 Å². The summed E-state index contributed by atoms with van der Waals surface area (Å²) in [6.07, 6.45) is 3.93. The zero-order valence-corrected chi connectivity index (χ0v) is 12.8. The molecule has 3 N–H and O–H groups in total. The van der Waals surface area contributed by atoms with E-state index in [1.807, 2.05) is 38.1 Å². The SMILES string of the molecule is CC(C)n1ccn(-c2ccc(C(N)CCC(=O)O)cc2)c1=O. The Hall–Kier alpha value is -2.34. The van der Waals surface area contributed by atoms with Crippen LogP contribution in [0.25, 0.3) is 5.69 Å². The van der Waals surface area contributed by atoms with E-state index < -0.39 is 5.97 Å². The van der Waals surface area contributed by atoms with Crippen molar-refractivity contribution in [2.24, 2.45) is 5.73 Å². The highest BCUT2D eigenvalue weighted by atomic mass is 16.4. The number of hydrogen-bond donors (Lipinski definition) is 2. The maximum Gasteiger partial charge on any atom is 0.332 e. The summed E-state index contributed by atoms with van der Waals surface area (Å²) in [5.41, 5.74) is 7.51. The summed E-state index contributed by atoms with van der Waals surface area (Å²) in [6.45, 7) is 3.91. The number of benzene rings is 1. The Morgan fingerprint density at radius 3 is 2.36 bits per heavy atom. The van der Waals surface area contributed by atoms with Gasteiger partial charge >= 0.3 is 11.7 Å². The van der Waals surface area contributed by atoms with Crippen LogP contribution in [-0.2, 0) is 4.79 Å². The van der Waals surface area contributed by atoms with Crippen LogP contribution in [0.2, 0.25) is 0 Å². The monoisotopic (exact) mass is 303 g/mol. The third kappa shape index (κ3) is 3.46. The number of carboxylic acids is 1. The van der Waals surface area contributed by atoms with Crippen LogP contribution < -0.4 is 11.4 Å². The van der Waals surface area contributed by atoms with E-state index in [2.05, 4.69) is 0 Å². The number of rotatable bonds is 6. The summed E-state index contributed by atoms with van der Waals surface area (Å²) in [4.78, 5) is 22.8. The van der Waals surface area contributed by atoms with Gasteiger partial charge in [-0.05, 0) is 38.0 Å². The van der Waals surface area contributed by atoms with E-state index in [-0.39, 0.29) is 24.2 Å². The normalized spacial score (nSPS) is 12.5. The van der Waals surface area contributed by atoms with Crippen molar-refractivity contribution in [3.05, 3.63) is 52.7 Å². The molecule has 0 saturated carbocycles. The number of imidazole rings is 1. The topological polar surface area (TPSA) is 90.2 Å². The predicted octanol–water partition coefficient (Wildman–Crippen LogP) is 2.08. The van der Waals surface area contributed by atoms with Crippen molar-refractivity contribution in [2.75, 3.05) is 0 Å². The largest absolute Gasteiger partial charge is 0.481 e. The number of nitrogens with zero attached hydrogens (tertiary/aromatic N) is 2. The highest BCUT2D eigenvalue weighted by Gasteiger charge is 2.10. The maximum atomic E-state index is 12.2. The molecule has 1 atom stereocenters. The Morgan fingerprint density at radius 1 is 1.23 bits per heavy atom. The molecule has 6 heteroatoms. The molecule has 0 saturated heterocycles. The van der Waals surface area contributed by atoms with E-state index in [1.54, 1.807) is 21.5 Å². The molecule has 0 aliphatic heterocycles. The lowest BCUT2D eigenvalue weighted by Crippen LogP contribution is -2.24. The Balaban J connectivity index is 2.19. The second-order valence-electron chi connectivity index (χ2n) is 5.58. The fourth-order valence-corrected chi connectivity index (χ4v) is 2.31. The van der Waals surface area contributed by atoms with Gasteiger partial charge in [-0.3, -0.25) is 13.9 Å². The highest BCUT2D eigenvalue weighted by molar-refractivity contribution is 5.66. The third-order valence-corrected chi connectivity index (χ3v) is 3.63. The van der Waals surface area contributed by atoms with Crippen molar-refractivity contribution in [1.82, 2.24) is 9.13 Å². The molecule has 2 rings (SSSR count). The minimum atomic E-state index is -0.853. The smallest absolute Gasteiger partial charge is 0.332 e. The summed E-state index contributed by atoms with van der Waals surface area (Å²) in [5.74, 6) is -0.853. The van der Waals surface area contributed by atoms with E-state index in [9.17, 15) is 9.59 Å². The molecule has 1 heterocycles. The van der Waals surface area contributed by atoms with Crippen LogP contribution in [-0.4, -0.2) is 20.2 Å². The maximum absolute atomic E-state index is 12.2. The molecular weight excluding hydrogens is 282 g/mol. The van der Waals surface area contributed by atoms with Gasteiger partial charge in [0.05, 0.1) is 5.69 Å². The van der Waals surface area contributed by atoms with E-state index >= 15 is 0 Å². The number of hydrogen-bond acceptors (Lipinski definition) is 3.